The van der Waals surface area contributed by atoms with Crippen molar-refractivity contribution in [2.75, 3.05) is 20.8 Å². The minimum atomic E-state index is -0.605. The zero-order valence-corrected chi connectivity index (χ0v) is 12.8. The number of carbonyl (C=O) groups is 2. The molecule has 1 N–H and O–H groups in total. The molecule has 1 aromatic carbocycles. The Hall–Kier alpha value is -2.24. The molecule has 0 unspecified atom stereocenters. The van der Waals surface area contributed by atoms with Crippen LogP contribution in [0.3, 0.4) is 0 Å². The highest BCUT2D eigenvalue weighted by Crippen LogP contribution is 2.22. The molecule has 0 aromatic heterocycles. The van der Waals surface area contributed by atoms with Crippen molar-refractivity contribution >= 4 is 11.9 Å². The lowest BCUT2D eigenvalue weighted by Crippen LogP contribution is -2.35. The quantitative estimate of drug-likeness (QED) is 0.776. The monoisotopic (exact) mass is 295 g/mol. The Morgan fingerprint density at radius 3 is 2.19 bits per heavy atom. The van der Waals surface area contributed by atoms with E-state index in [1.807, 2.05) is 13.8 Å². The van der Waals surface area contributed by atoms with Crippen molar-refractivity contribution in [2.24, 2.45) is 0 Å². The molecular formula is C15H21NO5. The number of carbonyl (C=O) groups excluding carboxylic acids is 2. The number of methoxy groups -OCH3 is 2. The average molecular weight is 295 g/mol. The molecule has 21 heavy (non-hydrogen) atoms. The Labute approximate surface area is 124 Å². The van der Waals surface area contributed by atoms with E-state index in [0.717, 1.165) is 6.42 Å². The molecule has 6 nitrogen and oxygen atoms in total. The number of amides is 1. The molecular weight excluding hydrogens is 274 g/mol. The van der Waals surface area contributed by atoms with E-state index in [9.17, 15) is 9.59 Å². The van der Waals surface area contributed by atoms with E-state index < -0.39 is 5.97 Å². The van der Waals surface area contributed by atoms with Gasteiger partial charge in [0.25, 0.3) is 5.91 Å². The van der Waals surface area contributed by atoms with Gasteiger partial charge in [-0.05, 0) is 25.5 Å². The van der Waals surface area contributed by atoms with Crippen LogP contribution >= 0.6 is 0 Å². The van der Waals surface area contributed by atoms with Gasteiger partial charge in [0.05, 0.1) is 19.8 Å². The first-order chi connectivity index (χ1) is 9.99. The van der Waals surface area contributed by atoms with Gasteiger partial charge in [-0.25, -0.2) is 4.79 Å². The van der Waals surface area contributed by atoms with Crippen LogP contribution < -0.4 is 14.8 Å². The van der Waals surface area contributed by atoms with Gasteiger partial charge in [-0.15, -0.1) is 0 Å². The summed E-state index contributed by atoms with van der Waals surface area (Å²) < 4.78 is 15.1. The first-order valence-electron chi connectivity index (χ1n) is 6.69. The molecule has 116 valence electrons. The van der Waals surface area contributed by atoms with Gasteiger partial charge < -0.3 is 19.5 Å². The molecule has 0 aliphatic carbocycles. The summed E-state index contributed by atoms with van der Waals surface area (Å²) in [4.78, 5) is 23.5. The maximum absolute atomic E-state index is 11.9. The molecule has 6 heteroatoms. The van der Waals surface area contributed by atoms with Crippen LogP contribution in [0, 0.1) is 0 Å². The van der Waals surface area contributed by atoms with Gasteiger partial charge in [0.15, 0.2) is 6.61 Å². The summed E-state index contributed by atoms with van der Waals surface area (Å²) in [5, 5.41) is 2.72. The van der Waals surface area contributed by atoms with Crippen LogP contribution in [0.25, 0.3) is 0 Å². The summed E-state index contributed by atoms with van der Waals surface area (Å²) in [6.07, 6.45) is 0.812. The highest BCUT2D eigenvalue weighted by Gasteiger charge is 2.14. The predicted octanol–water partition coefficient (Wildman–Crippen LogP) is 1.78. The Balaban J connectivity index is 2.65. The van der Waals surface area contributed by atoms with E-state index in [2.05, 4.69) is 5.32 Å². The molecule has 0 heterocycles. The lowest BCUT2D eigenvalue weighted by molar-refractivity contribution is -0.124. The fourth-order valence-corrected chi connectivity index (χ4v) is 1.56. The van der Waals surface area contributed by atoms with E-state index in [0.29, 0.717) is 11.5 Å². The van der Waals surface area contributed by atoms with E-state index in [4.69, 9.17) is 14.2 Å². The second-order valence-electron chi connectivity index (χ2n) is 4.55. The molecule has 1 atom stereocenters. The number of hydrogen-bond acceptors (Lipinski definition) is 5. The first kappa shape index (κ1) is 16.8. The van der Waals surface area contributed by atoms with Crippen LogP contribution in [-0.4, -0.2) is 38.7 Å². The number of nitrogens with one attached hydrogen (secondary N) is 1. The highest BCUT2D eigenvalue weighted by molar-refractivity contribution is 5.92. The maximum Gasteiger partial charge on any atom is 0.338 e. The standard InChI is InChI=1S/C15H21NO5/c1-5-10(2)16-14(17)9-21-15(18)11-6-12(19-3)8-13(7-11)20-4/h6-8,10H,5,9H2,1-4H3,(H,16,17)/t10-/m0/s1. The number of benzene rings is 1. The normalized spacial score (nSPS) is 11.4. The summed E-state index contributed by atoms with van der Waals surface area (Å²) in [6.45, 7) is 3.52. The van der Waals surface area contributed by atoms with Gasteiger partial charge in [-0.2, -0.15) is 0 Å². The molecule has 0 aliphatic heterocycles. The second kappa shape index (κ2) is 8.14. The minimum absolute atomic E-state index is 0.0492. The third-order valence-electron chi connectivity index (χ3n) is 2.94. The Bertz CT molecular complexity index is 479. The van der Waals surface area contributed by atoms with Crippen molar-refractivity contribution in [1.82, 2.24) is 5.32 Å². The number of rotatable bonds is 7. The molecule has 1 rings (SSSR count). The van der Waals surface area contributed by atoms with Crippen molar-refractivity contribution in [2.45, 2.75) is 26.3 Å². The summed E-state index contributed by atoms with van der Waals surface area (Å²) in [6, 6.07) is 4.74. The van der Waals surface area contributed by atoms with Crippen LogP contribution in [-0.2, 0) is 9.53 Å². The maximum atomic E-state index is 11.9. The number of esters is 1. The first-order valence-corrected chi connectivity index (χ1v) is 6.69. The van der Waals surface area contributed by atoms with Crippen LogP contribution in [0.5, 0.6) is 11.5 Å². The Morgan fingerprint density at radius 1 is 1.14 bits per heavy atom. The lowest BCUT2D eigenvalue weighted by atomic mass is 10.2. The fourth-order valence-electron chi connectivity index (χ4n) is 1.56. The number of hydrogen-bond donors (Lipinski definition) is 1. The van der Waals surface area contributed by atoms with Crippen molar-refractivity contribution in [3.8, 4) is 11.5 Å². The van der Waals surface area contributed by atoms with Crippen molar-refractivity contribution in [3.63, 3.8) is 0 Å². The molecule has 0 saturated carbocycles. The van der Waals surface area contributed by atoms with Crippen LogP contribution in [0.1, 0.15) is 30.6 Å². The van der Waals surface area contributed by atoms with Gasteiger partial charge >= 0.3 is 5.97 Å². The smallest absolute Gasteiger partial charge is 0.338 e. The molecule has 0 radical (unpaired) electrons. The van der Waals surface area contributed by atoms with Crippen molar-refractivity contribution in [3.05, 3.63) is 23.8 Å². The molecule has 0 spiro atoms. The molecule has 1 amide bonds. The summed E-state index contributed by atoms with van der Waals surface area (Å²) in [7, 11) is 2.98. The van der Waals surface area contributed by atoms with Gasteiger partial charge in [0.2, 0.25) is 0 Å². The Kier molecular flexibility index (Phi) is 6.52. The lowest BCUT2D eigenvalue weighted by Gasteiger charge is -2.12. The second-order valence-corrected chi connectivity index (χ2v) is 4.55. The van der Waals surface area contributed by atoms with Gasteiger partial charge in [0.1, 0.15) is 11.5 Å². The molecule has 0 saturated heterocycles. The van der Waals surface area contributed by atoms with E-state index >= 15 is 0 Å². The fraction of sp³-hybridized carbons (Fsp3) is 0.467. The summed E-state index contributed by atoms with van der Waals surface area (Å²) in [5.74, 6) is 0.0229. The molecule has 0 fully saturated rings. The van der Waals surface area contributed by atoms with Gasteiger partial charge in [-0.3, -0.25) is 4.79 Å². The topological polar surface area (TPSA) is 73.9 Å². The molecule has 0 bridgehead atoms. The van der Waals surface area contributed by atoms with Gasteiger partial charge in [0, 0.05) is 12.1 Å². The van der Waals surface area contributed by atoms with E-state index in [1.54, 1.807) is 6.07 Å². The summed E-state index contributed by atoms with van der Waals surface area (Å²) >= 11 is 0. The summed E-state index contributed by atoms with van der Waals surface area (Å²) in [5.41, 5.74) is 0.266. The number of ether oxygens (including phenoxy) is 3. The third-order valence-corrected chi connectivity index (χ3v) is 2.94. The highest BCUT2D eigenvalue weighted by atomic mass is 16.5. The van der Waals surface area contributed by atoms with E-state index in [-0.39, 0.29) is 24.1 Å². The zero-order chi connectivity index (χ0) is 15.8. The van der Waals surface area contributed by atoms with Crippen molar-refractivity contribution < 1.29 is 23.8 Å². The minimum Gasteiger partial charge on any atom is -0.497 e. The molecule has 0 aliphatic rings. The van der Waals surface area contributed by atoms with Crippen LogP contribution in [0.4, 0.5) is 0 Å². The predicted molar refractivity (Wildman–Crippen MR) is 77.7 cm³/mol. The van der Waals surface area contributed by atoms with Gasteiger partial charge in [-0.1, -0.05) is 6.92 Å². The van der Waals surface area contributed by atoms with Crippen molar-refractivity contribution in [1.29, 1.82) is 0 Å². The zero-order valence-electron chi connectivity index (χ0n) is 12.8. The van der Waals surface area contributed by atoms with Crippen LogP contribution in [0.2, 0.25) is 0 Å². The largest absolute Gasteiger partial charge is 0.497 e. The van der Waals surface area contributed by atoms with E-state index in [1.165, 1.54) is 26.4 Å². The van der Waals surface area contributed by atoms with Crippen LogP contribution in [0.15, 0.2) is 18.2 Å². The molecule has 1 aromatic rings. The average Bonchev–Trinajstić information content (AvgIpc) is 2.51. The SMILES string of the molecule is CC[C@H](C)NC(=O)COC(=O)c1cc(OC)cc(OC)c1. The Morgan fingerprint density at radius 2 is 1.71 bits per heavy atom. The third kappa shape index (κ3) is 5.33.